The van der Waals surface area contributed by atoms with Gasteiger partial charge >= 0.3 is 0 Å². The highest BCUT2D eigenvalue weighted by molar-refractivity contribution is 14.1. The summed E-state index contributed by atoms with van der Waals surface area (Å²) in [5, 5.41) is 0. The highest BCUT2D eigenvalue weighted by Gasteiger charge is 2.29. The van der Waals surface area contributed by atoms with E-state index < -0.39 is 0 Å². The summed E-state index contributed by atoms with van der Waals surface area (Å²) in [6.07, 6.45) is 2.40. The number of nitrogens with zero attached hydrogens (tertiary/aromatic N) is 2. The van der Waals surface area contributed by atoms with E-state index in [-0.39, 0.29) is 0 Å². The van der Waals surface area contributed by atoms with E-state index in [0.717, 1.165) is 15.0 Å². The first-order chi connectivity index (χ1) is 9.24. The van der Waals surface area contributed by atoms with Crippen molar-refractivity contribution in [1.29, 1.82) is 0 Å². The number of aromatic nitrogens is 2. The van der Waals surface area contributed by atoms with Gasteiger partial charge in [0.05, 0.1) is 9.26 Å². The summed E-state index contributed by atoms with van der Waals surface area (Å²) in [6, 6.07) is 9.66. The molecule has 1 aromatic heterocycles. The van der Waals surface area contributed by atoms with Gasteiger partial charge in [0.15, 0.2) is 5.82 Å². The molecule has 0 bridgehead atoms. The fourth-order valence-corrected chi connectivity index (χ4v) is 2.57. The Kier molecular flexibility index (Phi) is 3.54. The molecule has 2 N–H and O–H groups in total. The Labute approximate surface area is 125 Å². The van der Waals surface area contributed by atoms with Crippen LogP contribution in [0.2, 0.25) is 0 Å². The van der Waals surface area contributed by atoms with Gasteiger partial charge in [-0.2, -0.15) is 0 Å². The van der Waals surface area contributed by atoms with Crippen molar-refractivity contribution in [3.8, 4) is 5.75 Å². The molecule has 3 rings (SSSR count). The summed E-state index contributed by atoms with van der Waals surface area (Å²) in [6.45, 7) is 0.352. The smallest absolute Gasteiger partial charge is 0.168 e. The average molecular weight is 367 g/mol. The summed E-state index contributed by atoms with van der Waals surface area (Å²) in [4.78, 5) is 8.88. The molecule has 0 amide bonds. The second-order valence-corrected chi connectivity index (χ2v) is 5.68. The predicted octanol–water partition coefficient (Wildman–Crippen LogP) is 3.12. The van der Waals surface area contributed by atoms with Crippen LogP contribution in [0, 0.1) is 3.57 Å². The number of para-hydroxylation sites is 1. The molecular formula is C14H14IN3O. The molecule has 2 aromatic rings. The fourth-order valence-electron chi connectivity index (χ4n) is 1.89. The molecule has 1 saturated carbocycles. The zero-order chi connectivity index (χ0) is 13.2. The molecular weight excluding hydrogens is 353 g/mol. The summed E-state index contributed by atoms with van der Waals surface area (Å²) >= 11 is 2.23. The maximum absolute atomic E-state index is 5.94. The van der Waals surface area contributed by atoms with E-state index in [1.807, 2.05) is 30.3 Å². The molecule has 5 heteroatoms. The van der Waals surface area contributed by atoms with Crippen LogP contribution in [0.1, 0.15) is 30.3 Å². The summed E-state index contributed by atoms with van der Waals surface area (Å²) in [5.74, 6) is 2.59. The van der Waals surface area contributed by atoms with Gasteiger partial charge in [-0.05, 0) is 47.6 Å². The van der Waals surface area contributed by atoms with Crippen LogP contribution >= 0.6 is 22.6 Å². The number of anilines is 1. The van der Waals surface area contributed by atoms with E-state index in [1.165, 1.54) is 12.8 Å². The van der Waals surface area contributed by atoms with Gasteiger partial charge in [-0.25, -0.2) is 9.97 Å². The van der Waals surface area contributed by atoms with E-state index in [2.05, 4.69) is 32.6 Å². The number of nitrogens with two attached hydrogens (primary N) is 1. The number of ether oxygens (including phenoxy) is 1. The molecule has 1 fully saturated rings. The standard InChI is InChI=1S/C14H14IN3O/c15-12-13(9-6-7-9)17-11(18-14(12)16)8-19-10-4-2-1-3-5-10/h1-5,9H,6-8H2,(H2,16,17,18). The summed E-state index contributed by atoms with van der Waals surface area (Å²) < 4.78 is 6.65. The molecule has 19 heavy (non-hydrogen) atoms. The minimum absolute atomic E-state index is 0.352. The van der Waals surface area contributed by atoms with E-state index in [0.29, 0.717) is 24.2 Å². The summed E-state index contributed by atoms with van der Waals surface area (Å²) in [7, 11) is 0. The number of hydrogen-bond acceptors (Lipinski definition) is 4. The van der Waals surface area contributed by atoms with Gasteiger partial charge in [-0.1, -0.05) is 18.2 Å². The topological polar surface area (TPSA) is 61.0 Å². The Morgan fingerprint density at radius 2 is 1.95 bits per heavy atom. The van der Waals surface area contributed by atoms with Crippen molar-refractivity contribution in [2.75, 3.05) is 5.73 Å². The van der Waals surface area contributed by atoms with E-state index in [4.69, 9.17) is 10.5 Å². The molecule has 0 atom stereocenters. The lowest BCUT2D eigenvalue weighted by Gasteiger charge is -2.09. The Hall–Kier alpha value is -1.37. The highest BCUT2D eigenvalue weighted by Crippen LogP contribution is 2.41. The van der Waals surface area contributed by atoms with Crippen LogP contribution < -0.4 is 10.5 Å². The molecule has 0 spiro atoms. The lowest BCUT2D eigenvalue weighted by atomic mass is 10.2. The minimum Gasteiger partial charge on any atom is -0.486 e. The SMILES string of the molecule is Nc1nc(COc2ccccc2)nc(C2CC2)c1I. The monoisotopic (exact) mass is 367 g/mol. The van der Waals surface area contributed by atoms with Crippen LogP contribution in [0.15, 0.2) is 30.3 Å². The van der Waals surface area contributed by atoms with Crippen molar-refractivity contribution < 1.29 is 4.74 Å². The van der Waals surface area contributed by atoms with Crippen LogP contribution in [-0.2, 0) is 6.61 Å². The van der Waals surface area contributed by atoms with E-state index in [9.17, 15) is 0 Å². The fraction of sp³-hybridized carbons (Fsp3) is 0.286. The Morgan fingerprint density at radius 1 is 1.21 bits per heavy atom. The number of rotatable bonds is 4. The molecule has 4 nitrogen and oxygen atoms in total. The quantitative estimate of drug-likeness (QED) is 0.844. The first-order valence-electron chi connectivity index (χ1n) is 6.23. The maximum atomic E-state index is 5.94. The number of halogens is 1. The Balaban J connectivity index is 1.77. The highest BCUT2D eigenvalue weighted by atomic mass is 127. The second kappa shape index (κ2) is 5.32. The zero-order valence-corrected chi connectivity index (χ0v) is 12.5. The lowest BCUT2D eigenvalue weighted by Crippen LogP contribution is -2.09. The molecule has 0 saturated heterocycles. The lowest BCUT2D eigenvalue weighted by molar-refractivity contribution is 0.295. The van der Waals surface area contributed by atoms with Crippen LogP contribution in [0.3, 0.4) is 0 Å². The molecule has 0 unspecified atom stereocenters. The molecule has 1 aromatic carbocycles. The van der Waals surface area contributed by atoms with Crippen LogP contribution in [-0.4, -0.2) is 9.97 Å². The van der Waals surface area contributed by atoms with Gasteiger partial charge in [-0.15, -0.1) is 0 Å². The molecule has 98 valence electrons. The van der Waals surface area contributed by atoms with Gasteiger partial charge in [0.25, 0.3) is 0 Å². The second-order valence-electron chi connectivity index (χ2n) is 4.60. The van der Waals surface area contributed by atoms with E-state index >= 15 is 0 Å². The Bertz CT molecular complexity index is 585. The first-order valence-corrected chi connectivity index (χ1v) is 7.31. The molecule has 1 aliphatic carbocycles. The molecule has 1 aliphatic rings. The summed E-state index contributed by atoms with van der Waals surface area (Å²) in [5.41, 5.74) is 7.02. The largest absolute Gasteiger partial charge is 0.486 e. The van der Waals surface area contributed by atoms with Crippen LogP contribution in [0.5, 0.6) is 5.75 Å². The van der Waals surface area contributed by atoms with Crippen molar-refractivity contribution in [3.63, 3.8) is 0 Å². The van der Waals surface area contributed by atoms with Crippen molar-refractivity contribution >= 4 is 28.4 Å². The van der Waals surface area contributed by atoms with Crippen molar-refractivity contribution in [2.45, 2.75) is 25.4 Å². The zero-order valence-electron chi connectivity index (χ0n) is 10.3. The van der Waals surface area contributed by atoms with Crippen molar-refractivity contribution in [1.82, 2.24) is 9.97 Å². The number of hydrogen-bond donors (Lipinski definition) is 1. The van der Waals surface area contributed by atoms with Crippen LogP contribution in [0.4, 0.5) is 5.82 Å². The van der Waals surface area contributed by atoms with Gasteiger partial charge < -0.3 is 10.5 Å². The first kappa shape index (κ1) is 12.7. The normalized spacial score (nSPS) is 14.4. The van der Waals surface area contributed by atoms with Crippen molar-refractivity contribution in [3.05, 3.63) is 45.4 Å². The number of nitrogen functional groups attached to an aromatic ring is 1. The van der Waals surface area contributed by atoms with Crippen LogP contribution in [0.25, 0.3) is 0 Å². The molecule has 0 aliphatic heterocycles. The average Bonchev–Trinajstić information content (AvgIpc) is 3.25. The third-order valence-corrected chi connectivity index (χ3v) is 4.13. The predicted molar refractivity (Wildman–Crippen MR) is 81.9 cm³/mol. The molecule has 1 heterocycles. The van der Waals surface area contributed by atoms with E-state index in [1.54, 1.807) is 0 Å². The third kappa shape index (κ3) is 2.97. The van der Waals surface area contributed by atoms with Crippen molar-refractivity contribution in [2.24, 2.45) is 0 Å². The van der Waals surface area contributed by atoms with Gasteiger partial charge in [-0.3, -0.25) is 0 Å². The maximum Gasteiger partial charge on any atom is 0.168 e. The number of benzene rings is 1. The van der Waals surface area contributed by atoms with Gasteiger partial charge in [0.2, 0.25) is 0 Å². The Morgan fingerprint density at radius 3 is 2.63 bits per heavy atom. The minimum atomic E-state index is 0.352. The van der Waals surface area contributed by atoms with Gasteiger partial charge in [0, 0.05) is 5.92 Å². The van der Waals surface area contributed by atoms with Gasteiger partial charge in [0.1, 0.15) is 18.2 Å². The molecule has 0 radical (unpaired) electrons. The third-order valence-electron chi connectivity index (χ3n) is 3.02.